The van der Waals surface area contributed by atoms with Gasteiger partial charge in [0.1, 0.15) is 0 Å². The molecule has 2 nitrogen and oxygen atoms in total. The van der Waals surface area contributed by atoms with Crippen LogP contribution in [-0.4, -0.2) is 30.1 Å². The minimum atomic E-state index is -4.26. The average Bonchev–Trinajstić information content (AvgIpc) is 2.43. The van der Waals surface area contributed by atoms with Crippen molar-refractivity contribution in [2.45, 2.75) is 19.0 Å². The molecule has 0 N–H and O–H groups in total. The summed E-state index contributed by atoms with van der Waals surface area (Å²) in [6.07, 6.45) is -1.09. The molecule has 1 fully saturated rings. The maximum Gasteiger partial charge on any atom is 0.393 e. The molecule has 7 heteroatoms. The Labute approximate surface area is 136 Å². The highest BCUT2D eigenvalue weighted by atomic mass is 35.5. The average molecular weight is 352 g/mol. The van der Waals surface area contributed by atoms with Crippen LogP contribution in [0.25, 0.3) is 6.08 Å². The molecule has 0 radical (unpaired) electrons. The number of benzene rings is 1. The molecule has 120 valence electrons. The highest BCUT2D eigenvalue weighted by Crippen LogP contribution is 2.33. The zero-order valence-electron chi connectivity index (χ0n) is 11.5. The van der Waals surface area contributed by atoms with Gasteiger partial charge in [0.2, 0.25) is 5.91 Å². The Bertz CT molecular complexity index is 566. The lowest BCUT2D eigenvalue weighted by Gasteiger charge is -2.33. The molecule has 1 aliphatic rings. The molecule has 0 aromatic heterocycles. The van der Waals surface area contributed by atoms with Gasteiger partial charge >= 0.3 is 6.18 Å². The quantitative estimate of drug-likeness (QED) is 0.700. The largest absolute Gasteiger partial charge is 0.393 e. The third-order valence-electron chi connectivity index (χ3n) is 3.50. The van der Waals surface area contributed by atoms with Crippen LogP contribution in [-0.2, 0) is 4.79 Å². The van der Waals surface area contributed by atoms with Crippen molar-refractivity contribution in [3.05, 3.63) is 39.9 Å². The number of amides is 1. The van der Waals surface area contributed by atoms with Crippen molar-refractivity contribution in [1.82, 2.24) is 4.90 Å². The van der Waals surface area contributed by atoms with E-state index in [0.29, 0.717) is 28.6 Å². The molecule has 1 aromatic rings. The number of rotatable bonds is 2. The second-order valence-corrected chi connectivity index (χ2v) is 6.07. The van der Waals surface area contributed by atoms with Gasteiger partial charge in [-0.2, -0.15) is 13.2 Å². The van der Waals surface area contributed by atoms with Gasteiger partial charge in [-0.25, -0.2) is 0 Å². The van der Waals surface area contributed by atoms with Crippen molar-refractivity contribution >= 4 is 35.2 Å². The predicted molar refractivity (Wildman–Crippen MR) is 80.9 cm³/mol. The Kier molecular flexibility index (Phi) is 5.40. The van der Waals surface area contributed by atoms with Crippen LogP contribution in [0.4, 0.5) is 13.2 Å². The number of alkyl halides is 3. The standard InChI is InChI=1S/C15H14Cl2F3NO/c16-12-6-10(7-13(17)8-12)3-4-14(22)21-5-1-2-11(9-21)15(18,19)20/h3-4,6-8,11H,1-2,5,9H2. The second kappa shape index (κ2) is 6.92. The van der Waals surface area contributed by atoms with E-state index in [2.05, 4.69) is 0 Å². The van der Waals surface area contributed by atoms with Crippen molar-refractivity contribution < 1.29 is 18.0 Å². The number of piperidine rings is 1. The fourth-order valence-corrected chi connectivity index (χ4v) is 2.93. The Morgan fingerprint density at radius 1 is 1.23 bits per heavy atom. The predicted octanol–water partition coefficient (Wildman–Crippen LogP) is 4.81. The summed E-state index contributed by atoms with van der Waals surface area (Å²) in [5.74, 6) is -1.88. The van der Waals surface area contributed by atoms with Gasteiger partial charge in [-0.15, -0.1) is 0 Å². The zero-order valence-corrected chi connectivity index (χ0v) is 13.0. The molecule has 0 saturated carbocycles. The SMILES string of the molecule is O=C(C=Cc1cc(Cl)cc(Cl)c1)N1CCCC(C(F)(F)F)C1. The minimum absolute atomic E-state index is 0.0703. The summed E-state index contributed by atoms with van der Waals surface area (Å²) in [5.41, 5.74) is 0.621. The van der Waals surface area contributed by atoms with E-state index in [1.165, 1.54) is 17.1 Å². The second-order valence-electron chi connectivity index (χ2n) is 5.20. The van der Waals surface area contributed by atoms with E-state index in [-0.39, 0.29) is 13.0 Å². The van der Waals surface area contributed by atoms with Crippen molar-refractivity contribution in [2.24, 2.45) is 5.92 Å². The molecule has 22 heavy (non-hydrogen) atoms. The number of carbonyl (C=O) groups is 1. The molecule has 0 spiro atoms. The van der Waals surface area contributed by atoms with Crippen LogP contribution in [0.5, 0.6) is 0 Å². The van der Waals surface area contributed by atoms with Gasteiger partial charge in [0, 0.05) is 29.2 Å². The summed E-state index contributed by atoms with van der Waals surface area (Å²) in [4.78, 5) is 13.2. The lowest BCUT2D eigenvalue weighted by Crippen LogP contribution is -2.44. The molecule has 2 rings (SSSR count). The van der Waals surface area contributed by atoms with Crippen LogP contribution in [0.1, 0.15) is 18.4 Å². The van der Waals surface area contributed by atoms with E-state index in [9.17, 15) is 18.0 Å². The topological polar surface area (TPSA) is 20.3 Å². The molecule has 0 aliphatic carbocycles. The van der Waals surface area contributed by atoms with E-state index in [1.54, 1.807) is 18.2 Å². The summed E-state index contributed by atoms with van der Waals surface area (Å²) in [6, 6.07) is 4.79. The van der Waals surface area contributed by atoms with Gasteiger partial charge in [-0.05, 0) is 42.7 Å². The van der Waals surface area contributed by atoms with Gasteiger partial charge in [-0.3, -0.25) is 4.79 Å². The Morgan fingerprint density at radius 3 is 2.45 bits per heavy atom. The smallest absolute Gasteiger partial charge is 0.339 e. The Morgan fingerprint density at radius 2 is 1.86 bits per heavy atom. The van der Waals surface area contributed by atoms with Gasteiger partial charge in [0.05, 0.1) is 5.92 Å². The molecule has 1 aromatic carbocycles. The third-order valence-corrected chi connectivity index (χ3v) is 3.94. The molecule has 1 atom stereocenters. The maximum atomic E-state index is 12.7. The van der Waals surface area contributed by atoms with E-state index < -0.39 is 18.0 Å². The van der Waals surface area contributed by atoms with Crippen molar-refractivity contribution in [3.63, 3.8) is 0 Å². The first-order valence-corrected chi connectivity index (χ1v) is 7.51. The minimum Gasteiger partial charge on any atom is -0.339 e. The van der Waals surface area contributed by atoms with Crippen LogP contribution >= 0.6 is 23.2 Å². The van der Waals surface area contributed by atoms with E-state index in [1.807, 2.05) is 0 Å². The molecule has 1 amide bonds. The molecule has 1 saturated heterocycles. The summed E-state index contributed by atoms with van der Waals surface area (Å²) >= 11 is 11.7. The van der Waals surface area contributed by atoms with Gasteiger partial charge in [-0.1, -0.05) is 23.2 Å². The van der Waals surface area contributed by atoms with Gasteiger partial charge in [0.15, 0.2) is 0 Å². The number of hydrogen-bond donors (Lipinski definition) is 0. The molecular formula is C15H14Cl2F3NO. The fraction of sp³-hybridized carbons (Fsp3) is 0.400. The number of likely N-dealkylation sites (tertiary alicyclic amines) is 1. The summed E-state index contributed by atoms with van der Waals surface area (Å²) < 4.78 is 38.2. The van der Waals surface area contributed by atoms with E-state index in [0.717, 1.165) is 0 Å². The molecular weight excluding hydrogens is 338 g/mol. The van der Waals surface area contributed by atoms with E-state index >= 15 is 0 Å². The summed E-state index contributed by atoms with van der Waals surface area (Å²) in [5, 5.41) is 0.851. The monoisotopic (exact) mass is 351 g/mol. The van der Waals surface area contributed by atoms with Gasteiger partial charge < -0.3 is 4.90 Å². The number of carbonyl (C=O) groups excluding carboxylic acids is 1. The highest BCUT2D eigenvalue weighted by Gasteiger charge is 2.42. The van der Waals surface area contributed by atoms with Gasteiger partial charge in [0.25, 0.3) is 0 Å². The Hall–Kier alpha value is -1.20. The number of nitrogens with zero attached hydrogens (tertiary/aromatic N) is 1. The van der Waals surface area contributed by atoms with Crippen molar-refractivity contribution in [1.29, 1.82) is 0 Å². The molecule has 1 heterocycles. The van der Waals surface area contributed by atoms with Crippen LogP contribution in [0.2, 0.25) is 10.0 Å². The first kappa shape index (κ1) is 17.2. The zero-order chi connectivity index (χ0) is 16.3. The van der Waals surface area contributed by atoms with Crippen LogP contribution in [0, 0.1) is 5.92 Å². The molecule has 0 bridgehead atoms. The molecule has 1 unspecified atom stereocenters. The van der Waals surface area contributed by atoms with Crippen LogP contribution < -0.4 is 0 Å². The lowest BCUT2D eigenvalue weighted by molar-refractivity contribution is -0.187. The fourth-order valence-electron chi connectivity index (χ4n) is 2.39. The maximum absolute atomic E-state index is 12.7. The lowest BCUT2D eigenvalue weighted by atomic mass is 9.97. The van der Waals surface area contributed by atoms with Crippen molar-refractivity contribution in [2.75, 3.05) is 13.1 Å². The number of hydrogen-bond acceptors (Lipinski definition) is 1. The van der Waals surface area contributed by atoms with Crippen molar-refractivity contribution in [3.8, 4) is 0 Å². The van der Waals surface area contributed by atoms with Crippen LogP contribution in [0.15, 0.2) is 24.3 Å². The normalized spacial score (nSPS) is 19.7. The third kappa shape index (κ3) is 4.65. The van der Waals surface area contributed by atoms with Crippen LogP contribution in [0.3, 0.4) is 0 Å². The first-order valence-electron chi connectivity index (χ1n) is 6.75. The highest BCUT2D eigenvalue weighted by molar-refractivity contribution is 6.34. The number of halogens is 5. The summed E-state index contributed by atoms with van der Waals surface area (Å²) in [6.45, 7) is 0.0506. The Balaban J connectivity index is 2.03. The van der Waals surface area contributed by atoms with E-state index in [4.69, 9.17) is 23.2 Å². The summed E-state index contributed by atoms with van der Waals surface area (Å²) in [7, 11) is 0. The first-order chi connectivity index (χ1) is 10.3. The molecule has 1 aliphatic heterocycles.